The topological polar surface area (TPSA) is 90.9 Å². The van der Waals surface area contributed by atoms with Crippen LogP contribution in [0.15, 0.2) is 23.1 Å². The minimum absolute atomic E-state index is 0.0283. The van der Waals surface area contributed by atoms with Crippen molar-refractivity contribution in [3.8, 4) is 0 Å². The number of anilines is 1. The van der Waals surface area contributed by atoms with Gasteiger partial charge in [0, 0.05) is 17.6 Å². The van der Waals surface area contributed by atoms with Gasteiger partial charge in [-0.1, -0.05) is 13.3 Å². The van der Waals surface area contributed by atoms with E-state index in [1.165, 1.54) is 6.07 Å². The molecule has 2 heterocycles. The summed E-state index contributed by atoms with van der Waals surface area (Å²) in [5, 5.41) is 13.0. The first-order chi connectivity index (χ1) is 8.72. The van der Waals surface area contributed by atoms with Gasteiger partial charge in [-0.15, -0.1) is 0 Å². The van der Waals surface area contributed by atoms with Gasteiger partial charge in [0.15, 0.2) is 0 Å². The number of nitrogens with one attached hydrogen (secondary N) is 2. The number of hydrogen-bond acceptors (Lipinski definition) is 5. The lowest BCUT2D eigenvalue weighted by molar-refractivity contribution is 0.268. The zero-order valence-corrected chi connectivity index (χ0v) is 10.2. The van der Waals surface area contributed by atoms with E-state index in [-0.39, 0.29) is 18.2 Å². The first-order valence-electron chi connectivity index (χ1n) is 5.96. The number of aromatic amines is 1. The van der Waals surface area contributed by atoms with Gasteiger partial charge in [0.25, 0.3) is 0 Å². The molecule has 18 heavy (non-hydrogen) atoms. The van der Waals surface area contributed by atoms with Gasteiger partial charge in [0.1, 0.15) is 5.65 Å². The molecule has 0 saturated carbocycles. The van der Waals surface area contributed by atoms with Crippen LogP contribution in [0.2, 0.25) is 0 Å². The number of aliphatic hydroxyl groups excluding tert-OH is 1. The molecule has 0 aliphatic carbocycles. The van der Waals surface area contributed by atoms with E-state index in [1.54, 1.807) is 12.3 Å². The average Bonchev–Trinajstić information content (AvgIpc) is 2.37. The molecule has 0 unspecified atom stereocenters. The first-order valence-corrected chi connectivity index (χ1v) is 5.96. The lowest BCUT2D eigenvalue weighted by Gasteiger charge is -2.14. The van der Waals surface area contributed by atoms with Crippen LogP contribution in [0, 0.1) is 0 Å². The summed E-state index contributed by atoms with van der Waals surface area (Å²) in [6.45, 7) is 2.07. The normalized spacial score (nSPS) is 12.6. The fraction of sp³-hybridized carbons (Fsp3) is 0.417. The van der Waals surface area contributed by atoms with Crippen LogP contribution >= 0.6 is 0 Å². The Morgan fingerprint density at radius 1 is 1.50 bits per heavy atom. The summed E-state index contributed by atoms with van der Waals surface area (Å²) in [7, 11) is 0. The highest BCUT2D eigenvalue weighted by Gasteiger charge is 2.08. The lowest BCUT2D eigenvalue weighted by Crippen LogP contribution is -2.24. The summed E-state index contributed by atoms with van der Waals surface area (Å²) in [5.41, 5.74) is 0.299. The quantitative estimate of drug-likeness (QED) is 0.731. The van der Waals surface area contributed by atoms with E-state index in [4.69, 9.17) is 0 Å². The number of aliphatic hydroxyl groups is 1. The Hall–Kier alpha value is -1.95. The number of hydrogen-bond donors (Lipinski definition) is 3. The molecule has 0 radical (unpaired) electrons. The Bertz CT molecular complexity index is 582. The smallest absolute Gasteiger partial charge is 0.249 e. The van der Waals surface area contributed by atoms with Gasteiger partial charge in [-0.2, -0.15) is 4.98 Å². The maximum atomic E-state index is 11.2. The molecule has 0 spiro atoms. The fourth-order valence-corrected chi connectivity index (χ4v) is 1.75. The van der Waals surface area contributed by atoms with Crippen molar-refractivity contribution in [2.75, 3.05) is 11.9 Å². The molecule has 0 bridgehead atoms. The molecule has 2 aromatic rings. The van der Waals surface area contributed by atoms with Crippen molar-refractivity contribution in [3.05, 3.63) is 28.7 Å². The van der Waals surface area contributed by atoms with Gasteiger partial charge in [0.2, 0.25) is 11.5 Å². The van der Waals surface area contributed by atoms with Crippen molar-refractivity contribution < 1.29 is 5.11 Å². The Morgan fingerprint density at radius 3 is 3.06 bits per heavy atom. The van der Waals surface area contributed by atoms with Crippen molar-refractivity contribution in [2.45, 2.75) is 25.8 Å². The summed E-state index contributed by atoms with van der Waals surface area (Å²) in [6.07, 6.45) is 3.44. The second-order valence-corrected chi connectivity index (χ2v) is 4.13. The zero-order chi connectivity index (χ0) is 13.0. The van der Waals surface area contributed by atoms with E-state index in [1.807, 2.05) is 6.92 Å². The van der Waals surface area contributed by atoms with Crippen LogP contribution in [0.4, 0.5) is 5.95 Å². The second-order valence-electron chi connectivity index (χ2n) is 4.13. The third-order valence-corrected chi connectivity index (χ3v) is 2.66. The highest BCUT2D eigenvalue weighted by molar-refractivity contribution is 5.74. The van der Waals surface area contributed by atoms with Crippen molar-refractivity contribution in [1.29, 1.82) is 0 Å². The van der Waals surface area contributed by atoms with E-state index < -0.39 is 0 Å². The van der Waals surface area contributed by atoms with Crippen molar-refractivity contribution >= 4 is 17.0 Å². The molecule has 0 aliphatic heterocycles. The molecule has 0 fully saturated rings. The molecule has 0 saturated heterocycles. The van der Waals surface area contributed by atoms with E-state index in [0.29, 0.717) is 11.6 Å². The fourth-order valence-electron chi connectivity index (χ4n) is 1.75. The number of fused-ring (bicyclic) bond motifs is 1. The van der Waals surface area contributed by atoms with Gasteiger partial charge in [0.05, 0.1) is 12.6 Å². The Kier molecular flexibility index (Phi) is 3.88. The summed E-state index contributed by atoms with van der Waals surface area (Å²) >= 11 is 0. The third kappa shape index (κ3) is 2.84. The molecule has 2 rings (SSSR count). The zero-order valence-electron chi connectivity index (χ0n) is 10.2. The van der Waals surface area contributed by atoms with Gasteiger partial charge < -0.3 is 15.4 Å². The molecule has 2 aromatic heterocycles. The molecule has 6 nitrogen and oxygen atoms in total. The standard InChI is InChI=1S/C12H16N4O2/c1-2-3-9(7-17)14-12-13-6-8-4-5-10(18)15-11(8)16-12/h4-6,9,17H,2-3,7H2,1H3,(H2,13,14,15,16,18)/t9-/m0/s1. The Labute approximate surface area is 104 Å². The van der Waals surface area contributed by atoms with E-state index in [0.717, 1.165) is 18.2 Å². The second kappa shape index (κ2) is 5.59. The summed E-state index contributed by atoms with van der Waals surface area (Å²) in [4.78, 5) is 22.2. The number of rotatable bonds is 5. The number of H-pyrrole nitrogens is 1. The van der Waals surface area contributed by atoms with Crippen LogP contribution in [0.5, 0.6) is 0 Å². The van der Waals surface area contributed by atoms with E-state index in [2.05, 4.69) is 20.3 Å². The maximum absolute atomic E-state index is 11.2. The monoisotopic (exact) mass is 248 g/mol. The molecular weight excluding hydrogens is 232 g/mol. The SMILES string of the molecule is CCC[C@@H](CO)Nc1ncc2ccc(=O)[nH]c2n1. The van der Waals surface area contributed by atoms with E-state index in [9.17, 15) is 9.90 Å². The molecular formula is C12H16N4O2. The summed E-state index contributed by atoms with van der Waals surface area (Å²) in [5.74, 6) is 0.414. The number of pyridine rings is 1. The predicted molar refractivity (Wildman–Crippen MR) is 69.6 cm³/mol. The predicted octanol–water partition coefficient (Wildman–Crippen LogP) is 0.891. The molecule has 6 heteroatoms. The van der Waals surface area contributed by atoms with Crippen molar-refractivity contribution in [3.63, 3.8) is 0 Å². The largest absolute Gasteiger partial charge is 0.394 e. The number of nitrogens with zero attached hydrogens (tertiary/aromatic N) is 2. The molecule has 3 N–H and O–H groups in total. The van der Waals surface area contributed by atoms with Gasteiger partial charge >= 0.3 is 0 Å². The van der Waals surface area contributed by atoms with Crippen LogP contribution in [-0.2, 0) is 0 Å². The average molecular weight is 248 g/mol. The van der Waals surface area contributed by atoms with Crippen LogP contribution in [0.25, 0.3) is 11.0 Å². The van der Waals surface area contributed by atoms with Crippen LogP contribution in [0.3, 0.4) is 0 Å². The summed E-state index contributed by atoms with van der Waals surface area (Å²) < 4.78 is 0. The minimum atomic E-state index is -0.195. The van der Waals surface area contributed by atoms with Crippen LogP contribution in [-0.4, -0.2) is 32.7 Å². The van der Waals surface area contributed by atoms with Crippen LogP contribution in [0.1, 0.15) is 19.8 Å². The maximum Gasteiger partial charge on any atom is 0.249 e. The van der Waals surface area contributed by atoms with Crippen LogP contribution < -0.4 is 10.9 Å². The molecule has 0 amide bonds. The van der Waals surface area contributed by atoms with Crippen molar-refractivity contribution in [2.24, 2.45) is 0 Å². The summed E-state index contributed by atoms with van der Waals surface area (Å²) in [6, 6.07) is 3.04. The highest BCUT2D eigenvalue weighted by Crippen LogP contribution is 2.10. The molecule has 0 aliphatic rings. The number of aromatic nitrogens is 3. The minimum Gasteiger partial charge on any atom is -0.394 e. The van der Waals surface area contributed by atoms with Gasteiger partial charge in [-0.3, -0.25) is 4.79 Å². The lowest BCUT2D eigenvalue weighted by atomic mass is 10.2. The Morgan fingerprint density at radius 2 is 2.33 bits per heavy atom. The van der Waals surface area contributed by atoms with E-state index >= 15 is 0 Å². The first kappa shape index (κ1) is 12.5. The third-order valence-electron chi connectivity index (χ3n) is 2.66. The molecule has 1 atom stereocenters. The molecule has 96 valence electrons. The molecule has 0 aromatic carbocycles. The highest BCUT2D eigenvalue weighted by atomic mass is 16.3. The Balaban J connectivity index is 2.26. The van der Waals surface area contributed by atoms with Gasteiger partial charge in [-0.25, -0.2) is 4.98 Å². The van der Waals surface area contributed by atoms with Crippen molar-refractivity contribution in [1.82, 2.24) is 15.0 Å². The van der Waals surface area contributed by atoms with Gasteiger partial charge in [-0.05, 0) is 12.5 Å².